The molecule has 0 N–H and O–H groups in total. The fourth-order valence-electron chi connectivity index (χ4n) is 21.9. The van der Waals surface area contributed by atoms with Gasteiger partial charge in [0, 0.05) is 80.7 Å². The Morgan fingerprint density at radius 1 is 0.0942 bits per heavy atom. The van der Waals surface area contributed by atoms with E-state index < -0.39 is 0 Å². The molecule has 29 aromatic rings. The van der Waals surface area contributed by atoms with Crippen LogP contribution in [0.15, 0.2) is 473 Å². The van der Waals surface area contributed by atoms with Gasteiger partial charge in [0.05, 0.1) is 0 Å². The van der Waals surface area contributed by atoms with Crippen LogP contribution in [0, 0.1) is 13.8 Å². The second-order valence-electron chi connectivity index (χ2n) is 36.9. The minimum absolute atomic E-state index is 1.23. The summed E-state index contributed by atoms with van der Waals surface area (Å²) in [5.74, 6) is 0. The SMILES string of the molecule is Cc1cc(-c2ccc3c(c2)sc2ccc(-c4ccccc4)cc23)cc(-c2ccc3c4ccc(-c5ccccc5)cc4c4ccccc4c3c2)c1.Cc1ccc2sc3cc(-c4cccc(-c5ccc6c7ccccc7c7ccccc7c6c5)c4)ccc3c2c1.c1ccc2c(c1)sc1cc(-c3cc(-c4ccc5c(c4)sc4ccccc45)cc(-c4ccc5c6ccccc6c6ccccc6c5c4)c3)ccc12. The van der Waals surface area contributed by atoms with Gasteiger partial charge in [-0.25, -0.2) is 0 Å². The molecule has 0 aliphatic heterocycles. The van der Waals surface area contributed by atoms with E-state index in [2.05, 4.69) is 487 Å². The zero-order valence-electron chi connectivity index (χ0n) is 75.7. The van der Waals surface area contributed by atoms with Crippen LogP contribution in [0.5, 0.6) is 0 Å². The van der Waals surface area contributed by atoms with Gasteiger partial charge >= 0.3 is 0 Å². The number of rotatable bonds is 9. The number of thiophene rings is 4. The first-order valence-corrected chi connectivity index (χ1v) is 50.7. The van der Waals surface area contributed by atoms with Crippen molar-refractivity contribution in [1.82, 2.24) is 0 Å². The lowest BCUT2D eigenvalue weighted by atomic mass is 9.89. The summed E-state index contributed by atoms with van der Waals surface area (Å²) in [6, 6.07) is 176. The van der Waals surface area contributed by atoms with Crippen molar-refractivity contribution >= 4 is 223 Å². The predicted molar refractivity (Wildman–Crippen MR) is 607 cm³/mol. The molecule has 0 bridgehead atoms. The Bertz CT molecular complexity index is 9860. The molecule has 0 nitrogen and oxygen atoms in total. The largest absolute Gasteiger partial charge is 0.135 e. The predicted octanol–water partition coefficient (Wildman–Crippen LogP) is 40.5. The van der Waals surface area contributed by atoms with E-state index in [1.165, 1.54) is 289 Å². The second-order valence-corrected chi connectivity index (χ2v) is 41.3. The van der Waals surface area contributed by atoms with Crippen molar-refractivity contribution in [2.75, 3.05) is 0 Å². The first-order chi connectivity index (χ1) is 68.1. The number of fused-ring (bicyclic) bond motifs is 30. The molecule has 29 rings (SSSR count). The summed E-state index contributed by atoms with van der Waals surface area (Å²) in [6.45, 7) is 4.38. The molecule has 0 unspecified atom stereocenters. The van der Waals surface area contributed by atoms with Crippen LogP contribution < -0.4 is 0 Å². The van der Waals surface area contributed by atoms with Crippen LogP contribution in [-0.2, 0) is 0 Å². The molecule has 0 spiro atoms. The Morgan fingerprint density at radius 2 is 0.290 bits per heavy atom. The fourth-order valence-corrected chi connectivity index (χ4v) is 26.4. The van der Waals surface area contributed by atoms with Crippen LogP contribution in [0.3, 0.4) is 0 Å². The van der Waals surface area contributed by atoms with Crippen molar-refractivity contribution < 1.29 is 0 Å². The van der Waals surface area contributed by atoms with E-state index in [-0.39, 0.29) is 0 Å². The van der Waals surface area contributed by atoms with Gasteiger partial charge in [0.25, 0.3) is 0 Å². The van der Waals surface area contributed by atoms with Crippen molar-refractivity contribution in [3.63, 3.8) is 0 Å². The number of benzene rings is 25. The third-order valence-corrected chi connectivity index (χ3v) is 33.1. The Kier molecular flexibility index (Phi) is 19.7. The zero-order chi connectivity index (χ0) is 91.2. The summed E-state index contributed by atoms with van der Waals surface area (Å²) < 4.78 is 10.7. The van der Waals surface area contributed by atoms with Gasteiger partial charge in [-0.15, -0.1) is 45.3 Å². The molecule has 0 fully saturated rings. The maximum Gasteiger partial charge on any atom is 0.0361 e. The molecule has 0 radical (unpaired) electrons. The highest BCUT2D eigenvalue weighted by atomic mass is 32.1. The van der Waals surface area contributed by atoms with E-state index in [1.54, 1.807) is 0 Å². The molecule has 0 saturated carbocycles. The first-order valence-electron chi connectivity index (χ1n) is 47.4. The highest BCUT2D eigenvalue weighted by Gasteiger charge is 2.21. The Morgan fingerprint density at radius 3 is 0.638 bits per heavy atom. The molecule has 25 aromatic carbocycles. The van der Waals surface area contributed by atoms with Gasteiger partial charge in [-0.05, 0) is 332 Å². The molecular formula is C134H84S4. The molecule has 644 valence electrons. The monoisotopic (exact) mass is 1820 g/mol. The van der Waals surface area contributed by atoms with Crippen LogP contribution in [0.2, 0.25) is 0 Å². The van der Waals surface area contributed by atoms with Gasteiger partial charge in [0.2, 0.25) is 0 Å². The lowest BCUT2D eigenvalue weighted by Gasteiger charge is -2.14. The van der Waals surface area contributed by atoms with Crippen LogP contribution in [0.4, 0.5) is 0 Å². The van der Waals surface area contributed by atoms with Gasteiger partial charge < -0.3 is 0 Å². The highest BCUT2D eigenvalue weighted by Crippen LogP contribution is 2.49. The normalized spacial score (nSPS) is 11.8. The van der Waals surface area contributed by atoms with Crippen LogP contribution in [0.1, 0.15) is 11.1 Å². The fraction of sp³-hybridized carbons (Fsp3) is 0.0149. The summed E-state index contributed by atoms with van der Waals surface area (Å²) in [4.78, 5) is 0. The standard InChI is InChI=1S/C49H32S.C48H28S2.C37H24S/c1-31-24-38(26-39(25-31)37-18-22-44-47-29-35(33-12-6-3-7-13-33)19-23-48(47)50-49(44)30-37)36-17-21-43-42-20-16-34(32-10-4-2-5-11-32)27-45(42)40-14-8-9-15-41(40)46(43)28-36;1-2-11-37-35(9-1)36-10-3-4-12-38(36)44-26-29(17-20-39(37)44)32-23-33(30-18-21-42-40-13-5-7-15-45(40)49-47(42)27-30)25-34(24-32)31-19-22-43-41-14-6-8-16-46(41)50-48(43)28-31;1-23-13-18-36-35(19-23)33-17-15-27(22-37(33)38-36)25-8-6-7-24(20-25)26-14-16-32-30-11-3-2-9-28(30)29-10-4-5-12-31(29)34(32)21-26/h2-30H,1H3;1-28H;2-22H,1H3. The smallest absolute Gasteiger partial charge is 0.0361 e. The highest BCUT2D eigenvalue weighted by molar-refractivity contribution is 7.27. The molecule has 0 atom stereocenters. The molecule has 4 heterocycles. The summed E-state index contributed by atoms with van der Waals surface area (Å²) in [5.41, 5.74) is 25.0. The average Bonchev–Trinajstić information content (AvgIpc) is 1.13. The minimum Gasteiger partial charge on any atom is -0.135 e. The van der Waals surface area contributed by atoms with Crippen molar-refractivity contribution in [3.8, 4) is 100 Å². The first kappa shape index (κ1) is 81.3. The van der Waals surface area contributed by atoms with Crippen molar-refractivity contribution in [2.24, 2.45) is 0 Å². The third kappa shape index (κ3) is 14.2. The van der Waals surface area contributed by atoms with Crippen LogP contribution in [-0.4, -0.2) is 0 Å². The van der Waals surface area contributed by atoms with Gasteiger partial charge in [-0.3, -0.25) is 0 Å². The maximum atomic E-state index is 2.41. The van der Waals surface area contributed by atoms with Crippen molar-refractivity contribution in [2.45, 2.75) is 13.8 Å². The molecular weight excluding hydrogens is 1740 g/mol. The van der Waals surface area contributed by atoms with E-state index in [9.17, 15) is 0 Å². The lowest BCUT2D eigenvalue weighted by molar-refractivity contribution is 1.46. The van der Waals surface area contributed by atoms with Gasteiger partial charge in [-0.1, -0.05) is 363 Å². The van der Waals surface area contributed by atoms with E-state index in [1.807, 2.05) is 45.3 Å². The molecule has 0 amide bonds. The quantitative estimate of drug-likeness (QED) is 0.126. The summed E-state index contributed by atoms with van der Waals surface area (Å²) in [6.07, 6.45) is 0. The molecule has 0 saturated heterocycles. The second kappa shape index (κ2) is 33.4. The van der Waals surface area contributed by atoms with Crippen molar-refractivity contribution in [3.05, 3.63) is 484 Å². The van der Waals surface area contributed by atoms with E-state index in [4.69, 9.17) is 0 Å². The Labute approximate surface area is 814 Å². The van der Waals surface area contributed by atoms with Gasteiger partial charge in [0.15, 0.2) is 0 Å². The van der Waals surface area contributed by atoms with E-state index in [0.717, 1.165) is 0 Å². The van der Waals surface area contributed by atoms with Crippen molar-refractivity contribution in [1.29, 1.82) is 0 Å². The number of hydrogen-bond donors (Lipinski definition) is 0. The molecule has 4 aromatic heterocycles. The molecule has 0 aliphatic carbocycles. The number of hydrogen-bond acceptors (Lipinski definition) is 4. The molecule has 138 heavy (non-hydrogen) atoms. The topological polar surface area (TPSA) is 0 Å². The number of aryl methyl sites for hydroxylation is 2. The lowest BCUT2D eigenvalue weighted by Crippen LogP contribution is -1.88. The van der Waals surface area contributed by atoms with Gasteiger partial charge in [-0.2, -0.15) is 0 Å². The summed E-state index contributed by atoms with van der Waals surface area (Å²) in [7, 11) is 0. The van der Waals surface area contributed by atoms with E-state index >= 15 is 0 Å². The average molecular weight is 1820 g/mol. The summed E-state index contributed by atoms with van der Waals surface area (Å²) in [5, 5.41) is 34.1. The van der Waals surface area contributed by atoms with E-state index in [0.29, 0.717) is 0 Å². The molecule has 0 aliphatic rings. The maximum absolute atomic E-state index is 2.41. The Hall–Kier alpha value is -16.3. The Balaban J connectivity index is 0.000000106. The zero-order valence-corrected chi connectivity index (χ0v) is 78.9. The third-order valence-electron chi connectivity index (χ3n) is 28.6. The summed E-state index contributed by atoms with van der Waals surface area (Å²) >= 11 is 7.52. The van der Waals surface area contributed by atoms with Crippen LogP contribution in [0.25, 0.3) is 278 Å². The van der Waals surface area contributed by atoms with Crippen LogP contribution >= 0.6 is 45.3 Å². The molecule has 4 heteroatoms. The van der Waals surface area contributed by atoms with Gasteiger partial charge in [0.1, 0.15) is 0 Å². The minimum atomic E-state index is 1.23.